The zero-order chi connectivity index (χ0) is 64.6. The van der Waals surface area contributed by atoms with E-state index in [1.54, 1.807) is 30.6 Å². The minimum atomic E-state index is -1.18. The average molecular weight is 1260 g/mol. The summed E-state index contributed by atoms with van der Waals surface area (Å²) >= 11 is 1.71. The van der Waals surface area contributed by atoms with Crippen LogP contribution in [0.1, 0.15) is 102 Å². The second-order valence-corrected chi connectivity index (χ2v) is 25.7. The molecule has 15 rings (SSSR count). The Morgan fingerprint density at radius 2 is 1.24 bits per heavy atom. The van der Waals surface area contributed by atoms with Crippen molar-refractivity contribution in [1.82, 2.24) is 4.98 Å². The number of ketones is 1. The van der Waals surface area contributed by atoms with Gasteiger partial charge in [0.1, 0.15) is 33.9 Å². The summed E-state index contributed by atoms with van der Waals surface area (Å²) in [6, 6.07) is 57.6. The van der Waals surface area contributed by atoms with Gasteiger partial charge in [0.05, 0.1) is 52.3 Å². The Kier molecular flexibility index (Phi) is 16.9. The summed E-state index contributed by atoms with van der Waals surface area (Å²) in [5.41, 5.74) is 13.6. The molecule has 15 heteroatoms. The van der Waals surface area contributed by atoms with Gasteiger partial charge in [-0.05, 0) is 218 Å². The van der Waals surface area contributed by atoms with Crippen molar-refractivity contribution in [2.45, 2.75) is 95.3 Å². The van der Waals surface area contributed by atoms with E-state index in [1.165, 1.54) is 22.4 Å². The first-order chi connectivity index (χ1) is 45.0. The first-order valence-corrected chi connectivity index (χ1v) is 32.3. The molecule has 9 aromatic carbocycles. The van der Waals surface area contributed by atoms with Crippen LogP contribution in [0.15, 0.2) is 182 Å². The van der Waals surface area contributed by atoms with Crippen molar-refractivity contribution in [3.63, 3.8) is 0 Å². The highest BCUT2D eigenvalue weighted by molar-refractivity contribution is 7.21. The van der Waals surface area contributed by atoms with Gasteiger partial charge in [-0.15, -0.1) is 11.3 Å². The number of carbonyl (C=O) groups excluding carboxylic acids is 3. The number of aryl methyl sites for hydroxylation is 3. The summed E-state index contributed by atoms with van der Waals surface area (Å²) in [6.45, 7) is 9.57. The summed E-state index contributed by atoms with van der Waals surface area (Å²) in [4.78, 5) is 55.5. The van der Waals surface area contributed by atoms with Crippen LogP contribution >= 0.6 is 11.3 Å². The number of benzene rings is 9. The molecule has 3 N–H and O–H groups in total. The van der Waals surface area contributed by atoms with Crippen molar-refractivity contribution in [2.24, 2.45) is 0 Å². The molecule has 3 heterocycles. The summed E-state index contributed by atoms with van der Waals surface area (Å²) in [5.74, 6) is 2.47. The lowest BCUT2D eigenvalue weighted by Crippen LogP contribution is -2.27. The Balaban J connectivity index is 0.000000135. The molecule has 0 bridgehead atoms. The van der Waals surface area contributed by atoms with E-state index >= 15 is 0 Å². The third kappa shape index (κ3) is 12.8. The highest BCUT2D eigenvalue weighted by Gasteiger charge is 2.53. The van der Waals surface area contributed by atoms with Crippen molar-refractivity contribution < 1.29 is 53.8 Å². The number of amides is 2. The standard InChI is InChI=1S/C26H22FNO4.C26H21NO3S.C26H27NO3.H2/c1-15-2-5-19(14-21(15)20-6-3-17(24(29)30)13-22(20)27)28-25(31)26(9-10-26)18-4-7-23-16(12-18)8-11-32-23;1-16-2-8-20-23(12-16)31-25(27-20)18-5-3-17(4-6-18)13-24(28)26(10-11-26)19-7-9-21-22(14-19)30-15-29-21;1-4-30-22-12-9-19(10-13-22)24-17-21(11-8-18(24)2)27-25(28)26(14-15-26)20-6-5-7-23(16-20)29-3;/h2-7,12-14H,8-11H2,1H3,(H,28,31)(H,29,30);2-9,12,14H,10-11,13,15H2,1H3;5-13,16-17H,4,14-15H2,1-3H3,(H,27,28);1H. The van der Waals surface area contributed by atoms with E-state index in [0.29, 0.717) is 36.4 Å². The maximum atomic E-state index is 14.6. The van der Waals surface area contributed by atoms with Gasteiger partial charge in [-0.2, -0.15) is 0 Å². The van der Waals surface area contributed by atoms with Crippen LogP contribution in [0, 0.1) is 26.6 Å². The Morgan fingerprint density at radius 3 is 1.89 bits per heavy atom. The maximum absolute atomic E-state index is 14.6. The Hall–Kier alpha value is -10.1. The molecule has 13 nitrogen and oxygen atoms in total. The predicted octanol–water partition coefficient (Wildman–Crippen LogP) is 16.9. The van der Waals surface area contributed by atoms with Crippen molar-refractivity contribution in [2.75, 3.05) is 37.8 Å². The fourth-order valence-electron chi connectivity index (χ4n) is 12.5. The van der Waals surface area contributed by atoms with Crippen LogP contribution in [-0.2, 0) is 43.5 Å². The number of hydrogen-bond donors (Lipinski definition) is 3. The number of aromatic carboxylic acids is 1. The van der Waals surface area contributed by atoms with Crippen molar-refractivity contribution >= 4 is 56.5 Å². The zero-order valence-electron chi connectivity index (χ0n) is 52.5. The summed E-state index contributed by atoms with van der Waals surface area (Å²) in [6.07, 6.45) is 6.35. The molecule has 3 aliphatic carbocycles. The molecule has 5 aliphatic rings. The van der Waals surface area contributed by atoms with Gasteiger partial charge in [-0.3, -0.25) is 14.4 Å². The number of carboxylic acid groups (broad SMARTS) is 1. The quantitative estimate of drug-likeness (QED) is 0.0792. The molecule has 3 fully saturated rings. The van der Waals surface area contributed by atoms with Crippen molar-refractivity contribution in [3.05, 3.63) is 238 Å². The molecule has 0 saturated heterocycles. The molecule has 472 valence electrons. The first kappa shape index (κ1) is 61.7. The van der Waals surface area contributed by atoms with Gasteiger partial charge < -0.3 is 39.4 Å². The van der Waals surface area contributed by atoms with Gasteiger partial charge in [-0.25, -0.2) is 14.2 Å². The number of halogens is 1. The minimum Gasteiger partial charge on any atom is -0.497 e. The number of methoxy groups -OCH3 is 1. The van der Waals surface area contributed by atoms with Gasteiger partial charge >= 0.3 is 5.97 Å². The van der Waals surface area contributed by atoms with E-state index in [-0.39, 0.29) is 36.8 Å². The number of nitrogens with one attached hydrogen (secondary N) is 2. The molecule has 0 unspecified atom stereocenters. The SMILES string of the molecule is CCOc1ccc(-c2cc(NC(=O)C3(c4cccc(OC)c4)CC3)ccc2C)cc1.Cc1ccc(NC(=O)C2(c3ccc4c(c3)CCO4)CC2)cc1-c1ccc(C(=O)O)cc1F.Cc1ccc2nc(-c3ccc(CC(=O)C4(c5ccc6c(c5)OCO6)CC4)cc3)sc2c1.[HH]. The fourth-order valence-corrected chi connectivity index (χ4v) is 13.6. The van der Waals surface area contributed by atoms with Gasteiger partial charge in [-0.1, -0.05) is 91.0 Å². The van der Waals surface area contributed by atoms with E-state index in [0.717, 1.165) is 152 Å². The first-order valence-electron chi connectivity index (χ1n) is 31.4. The minimum absolute atomic E-state index is 0. The average Bonchev–Trinajstić information content (AvgIpc) is 1.61. The number of carbonyl (C=O) groups is 4. The molecule has 3 saturated carbocycles. The Labute approximate surface area is 545 Å². The number of nitrogens with zero attached hydrogens (tertiary/aromatic N) is 1. The van der Waals surface area contributed by atoms with E-state index in [9.17, 15) is 23.6 Å². The van der Waals surface area contributed by atoms with Crippen LogP contribution in [0.25, 0.3) is 43.0 Å². The lowest BCUT2D eigenvalue weighted by atomic mass is 9.87. The number of carboxylic acids is 1. The van der Waals surface area contributed by atoms with Crippen LogP contribution in [0.4, 0.5) is 15.8 Å². The molecule has 0 radical (unpaired) electrons. The Morgan fingerprint density at radius 1 is 0.602 bits per heavy atom. The fraction of sp³-hybridized carbons (Fsp3) is 0.244. The van der Waals surface area contributed by atoms with E-state index < -0.39 is 22.6 Å². The van der Waals surface area contributed by atoms with Crippen molar-refractivity contribution in [3.8, 4) is 61.6 Å². The molecule has 0 spiro atoms. The summed E-state index contributed by atoms with van der Waals surface area (Å²) < 4.78 is 43.2. The second-order valence-electron chi connectivity index (χ2n) is 24.7. The van der Waals surface area contributed by atoms with Crippen LogP contribution in [0.5, 0.6) is 28.7 Å². The molecular formula is C78H72FN3O10S. The summed E-state index contributed by atoms with van der Waals surface area (Å²) in [5, 5.41) is 16.2. The number of thiazole rings is 1. The lowest BCUT2D eigenvalue weighted by molar-refractivity contribution is -0.121. The third-order valence-electron chi connectivity index (χ3n) is 18.5. The monoisotopic (exact) mass is 1260 g/mol. The molecule has 2 aliphatic heterocycles. The highest BCUT2D eigenvalue weighted by Crippen LogP contribution is 2.53. The number of anilines is 2. The van der Waals surface area contributed by atoms with Gasteiger partial charge in [0.15, 0.2) is 11.5 Å². The number of fused-ring (bicyclic) bond motifs is 3. The molecule has 10 aromatic rings. The van der Waals surface area contributed by atoms with E-state index in [2.05, 4.69) is 85.1 Å². The zero-order valence-corrected chi connectivity index (χ0v) is 53.3. The number of aromatic nitrogens is 1. The summed E-state index contributed by atoms with van der Waals surface area (Å²) in [7, 11) is 1.65. The molecule has 0 atom stereocenters. The molecule has 93 heavy (non-hydrogen) atoms. The largest absolute Gasteiger partial charge is 0.497 e. The van der Waals surface area contributed by atoms with Gasteiger partial charge in [0, 0.05) is 36.8 Å². The predicted molar refractivity (Wildman–Crippen MR) is 363 cm³/mol. The van der Waals surface area contributed by atoms with Gasteiger partial charge in [0.25, 0.3) is 0 Å². The third-order valence-corrected chi connectivity index (χ3v) is 19.6. The number of ether oxygens (including phenoxy) is 5. The molecule has 1 aromatic heterocycles. The van der Waals surface area contributed by atoms with Crippen LogP contribution < -0.4 is 34.3 Å². The smallest absolute Gasteiger partial charge is 0.335 e. The maximum Gasteiger partial charge on any atom is 0.335 e. The van der Waals surface area contributed by atoms with Crippen LogP contribution in [-0.4, -0.2) is 60.8 Å². The normalized spacial score (nSPS) is 15.2. The number of hydrogen-bond acceptors (Lipinski definition) is 11. The molecule has 2 amide bonds. The Bertz CT molecular complexity index is 4560. The highest BCUT2D eigenvalue weighted by atomic mass is 32.1. The molecular weight excluding hydrogens is 1190 g/mol. The van der Waals surface area contributed by atoms with Gasteiger partial charge in [0.2, 0.25) is 18.6 Å². The second kappa shape index (κ2) is 25.5. The van der Waals surface area contributed by atoms with E-state index in [1.807, 2.05) is 105 Å². The van der Waals surface area contributed by atoms with E-state index in [4.69, 9.17) is 33.8 Å². The van der Waals surface area contributed by atoms with Crippen LogP contribution in [0.3, 0.4) is 0 Å². The van der Waals surface area contributed by atoms with Crippen molar-refractivity contribution in [1.29, 1.82) is 0 Å². The lowest BCUT2D eigenvalue weighted by Gasteiger charge is -2.18. The van der Waals surface area contributed by atoms with Crippen LogP contribution in [0.2, 0.25) is 0 Å². The topological polar surface area (TPSA) is 172 Å². The number of rotatable bonds is 17. The number of Topliss-reactive ketones (excluding diaryl/α,β-unsaturated/α-hetero) is 1.